The highest BCUT2D eigenvalue weighted by atomic mass is 15.1. The highest BCUT2D eigenvalue weighted by molar-refractivity contribution is 6.36. The number of hydrogen-bond acceptors (Lipinski definition) is 1. The quantitative estimate of drug-likeness (QED) is 0.169. The first kappa shape index (κ1) is 29.7. The first-order chi connectivity index (χ1) is 26.3. The van der Waals surface area contributed by atoms with Crippen molar-refractivity contribution in [3.63, 3.8) is 0 Å². The monoisotopic (exact) mass is 671 g/mol. The van der Waals surface area contributed by atoms with Gasteiger partial charge in [0.05, 0.1) is 0 Å². The lowest BCUT2D eigenvalue weighted by molar-refractivity contribution is 1.29. The number of para-hydroxylation sites is 2. The van der Waals surface area contributed by atoms with Gasteiger partial charge in [0.25, 0.3) is 0 Å². The van der Waals surface area contributed by atoms with Crippen LogP contribution >= 0.6 is 0 Å². The van der Waals surface area contributed by atoms with Gasteiger partial charge in [-0.1, -0.05) is 158 Å². The lowest BCUT2D eigenvalue weighted by atomic mass is 9.88. The van der Waals surface area contributed by atoms with Crippen molar-refractivity contribution in [2.75, 3.05) is 4.90 Å². The van der Waals surface area contributed by atoms with Crippen LogP contribution in [0.5, 0.6) is 0 Å². The molecule has 0 heterocycles. The van der Waals surface area contributed by atoms with Crippen LogP contribution in [-0.2, 0) is 0 Å². The van der Waals surface area contributed by atoms with E-state index in [1.807, 2.05) is 0 Å². The van der Waals surface area contributed by atoms with Crippen LogP contribution in [0.2, 0.25) is 0 Å². The fourth-order valence-electron chi connectivity index (χ4n) is 8.89. The molecule has 0 aliphatic rings. The topological polar surface area (TPSA) is 3.24 Å². The van der Waals surface area contributed by atoms with Crippen molar-refractivity contribution in [2.24, 2.45) is 0 Å². The van der Waals surface area contributed by atoms with E-state index in [1.54, 1.807) is 0 Å². The van der Waals surface area contributed by atoms with E-state index >= 15 is 0 Å². The van der Waals surface area contributed by atoms with Crippen molar-refractivity contribution >= 4 is 103 Å². The van der Waals surface area contributed by atoms with Crippen LogP contribution in [0.3, 0.4) is 0 Å². The third kappa shape index (κ3) is 4.58. The van der Waals surface area contributed by atoms with Gasteiger partial charge in [-0.3, -0.25) is 0 Å². The van der Waals surface area contributed by atoms with Gasteiger partial charge in [0.2, 0.25) is 0 Å². The molecule has 0 aromatic heterocycles. The Morgan fingerprint density at radius 2 is 0.660 bits per heavy atom. The van der Waals surface area contributed by atoms with Gasteiger partial charge >= 0.3 is 0 Å². The van der Waals surface area contributed by atoms with Crippen LogP contribution in [0.25, 0.3) is 86.2 Å². The third-order valence-corrected chi connectivity index (χ3v) is 11.1. The number of nitrogens with zero attached hydrogens (tertiary/aromatic N) is 1. The van der Waals surface area contributed by atoms with E-state index in [2.05, 4.69) is 205 Å². The molecule has 0 saturated heterocycles. The van der Waals surface area contributed by atoms with Gasteiger partial charge in [0.1, 0.15) is 0 Å². The highest BCUT2D eigenvalue weighted by Crippen LogP contribution is 2.45. The molecule has 0 N–H and O–H groups in total. The molecule has 0 saturated carbocycles. The molecule has 0 radical (unpaired) electrons. The molecule has 0 fully saturated rings. The smallest absolute Gasteiger partial charge is 0.0468 e. The summed E-state index contributed by atoms with van der Waals surface area (Å²) in [5.74, 6) is 0. The van der Waals surface area contributed by atoms with Gasteiger partial charge in [0, 0.05) is 17.1 Å². The molecule has 1 nitrogen and oxygen atoms in total. The standard InChI is InChI=1S/C52H33N/c1-3-16-37(17-4-1)53(38-18-5-2-6-19-38)39-29-31-45-48(33-39)44-24-10-9-22-42(44)40-20-7-8-21-41(40)43-23-11-12-25-46(43)52-47-30-28-35-15-13-14-34-26-27-36(32-49(45)52)51(47)50(34)35/h1-33H. The number of hydrogen-bond donors (Lipinski definition) is 0. The molecule has 246 valence electrons. The Hall–Kier alpha value is -6.96. The summed E-state index contributed by atoms with van der Waals surface area (Å²) >= 11 is 0. The van der Waals surface area contributed by atoms with E-state index < -0.39 is 0 Å². The lowest BCUT2D eigenvalue weighted by Gasteiger charge is -2.26. The summed E-state index contributed by atoms with van der Waals surface area (Å²) in [5.41, 5.74) is 3.35. The van der Waals surface area contributed by atoms with Gasteiger partial charge in [0.15, 0.2) is 0 Å². The van der Waals surface area contributed by atoms with Gasteiger partial charge in [-0.2, -0.15) is 0 Å². The van der Waals surface area contributed by atoms with Crippen LogP contribution in [0, 0.1) is 0 Å². The van der Waals surface area contributed by atoms with Crippen molar-refractivity contribution in [1.29, 1.82) is 0 Å². The van der Waals surface area contributed by atoms with Crippen molar-refractivity contribution in [3.05, 3.63) is 200 Å². The second-order valence-electron chi connectivity index (χ2n) is 14.0. The molecule has 0 bridgehead atoms. The predicted molar refractivity (Wildman–Crippen MR) is 230 cm³/mol. The fraction of sp³-hybridized carbons (Fsp3) is 0. The third-order valence-electron chi connectivity index (χ3n) is 11.1. The molecule has 0 atom stereocenters. The van der Waals surface area contributed by atoms with Gasteiger partial charge < -0.3 is 4.90 Å². The summed E-state index contributed by atoms with van der Waals surface area (Å²) in [5, 5.41) is 20.1. The molecule has 1 heteroatoms. The summed E-state index contributed by atoms with van der Waals surface area (Å²) in [7, 11) is 0. The van der Waals surface area contributed by atoms with Crippen LogP contribution in [0.15, 0.2) is 200 Å². The van der Waals surface area contributed by atoms with E-state index in [-0.39, 0.29) is 0 Å². The number of benzene rings is 10. The van der Waals surface area contributed by atoms with Crippen LogP contribution < -0.4 is 4.90 Å². The molecular formula is C52H33N. The first-order valence-corrected chi connectivity index (χ1v) is 18.4. The van der Waals surface area contributed by atoms with E-state index in [9.17, 15) is 0 Å². The minimum atomic E-state index is 1.11. The Morgan fingerprint density at radius 3 is 1.26 bits per heavy atom. The molecule has 11 aromatic carbocycles. The maximum Gasteiger partial charge on any atom is 0.0468 e. The zero-order chi connectivity index (χ0) is 34.9. The Kier molecular flexibility index (Phi) is 6.62. The van der Waals surface area contributed by atoms with Gasteiger partial charge in [-0.15, -0.1) is 0 Å². The van der Waals surface area contributed by atoms with Gasteiger partial charge in [-0.05, 0) is 129 Å². The van der Waals surface area contributed by atoms with Gasteiger partial charge in [-0.25, -0.2) is 0 Å². The zero-order valence-corrected chi connectivity index (χ0v) is 29.0. The average molecular weight is 672 g/mol. The first-order valence-electron chi connectivity index (χ1n) is 18.4. The average Bonchev–Trinajstić information content (AvgIpc) is 3.23. The summed E-state index contributed by atoms with van der Waals surface area (Å²) in [6.07, 6.45) is 0. The van der Waals surface area contributed by atoms with Crippen molar-refractivity contribution in [3.8, 4) is 0 Å². The Balaban J connectivity index is 1.43. The molecule has 11 rings (SSSR count). The minimum Gasteiger partial charge on any atom is -0.310 e. The summed E-state index contributed by atoms with van der Waals surface area (Å²) in [4.78, 5) is 2.37. The van der Waals surface area contributed by atoms with Crippen LogP contribution in [0.4, 0.5) is 17.1 Å². The molecule has 0 unspecified atom stereocenters. The molecule has 0 amide bonds. The predicted octanol–water partition coefficient (Wildman–Crippen LogP) is 14.9. The molecule has 0 spiro atoms. The maximum atomic E-state index is 2.46. The van der Waals surface area contributed by atoms with Crippen molar-refractivity contribution in [2.45, 2.75) is 0 Å². The molecule has 11 aromatic rings. The van der Waals surface area contributed by atoms with Crippen LogP contribution in [0.1, 0.15) is 0 Å². The Bertz CT molecular complexity index is 3220. The molecular weight excluding hydrogens is 639 g/mol. The van der Waals surface area contributed by atoms with Crippen LogP contribution in [-0.4, -0.2) is 0 Å². The van der Waals surface area contributed by atoms with E-state index in [1.165, 1.54) is 86.2 Å². The van der Waals surface area contributed by atoms with E-state index in [0.717, 1.165) is 17.1 Å². The number of anilines is 3. The molecule has 0 aliphatic heterocycles. The lowest BCUT2D eigenvalue weighted by Crippen LogP contribution is -2.09. The maximum absolute atomic E-state index is 2.46. The number of rotatable bonds is 3. The summed E-state index contributed by atoms with van der Waals surface area (Å²) in [6.45, 7) is 0. The summed E-state index contributed by atoms with van der Waals surface area (Å²) < 4.78 is 0. The largest absolute Gasteiger partial charge is 0.310 e. The van der Waals surface area contributed by atoms with Crippen molar-refractivity contribution in [1.82, 2.24) is 0 Å². The number of fused-ring (bicyclic) bond motifs is 11. The highest BCUT2D eigenvalue weighted by Gasteiger charge is 2.17. The molecule has 0 aliphatic carbocycles. The van der Waals surface area contributed by atoms with E-state index in [0.29, 0.717) is 0 Å². The Labute approximate surface area is 307 Å². The van der Waals surface area contributed by atoms with Crippen molar-refractivity contribution < 1.29 is 0 Å². The second-order valence-corrected chi connectivity index (χ2v) is 14.0. The van der Waals surface area contributed by atoms with E-state index in [4.69, 9.17) is 0 Å². The summed E-state index contributed by atoms with van der Waals surface area (Å²) in [6, 6.07) is 73.8. The molecule has 53 heavy (non-hydrogen) atoms. The zero-order valence-electron chi connectivity index (χ0n) is 29.0. The Morgan fingerprint density at radius 1 is 0.208 bits per heavy atom. The normalized spacial score (nSPS) is 11.8. The SMILES string of the molecule is c1ccc(N(c2ccccc2)c2ccc3c(c2)c2ccccc2c2ccccc2c2ccccc2c2c3cc3ccc4cccc5ccc2c3c45)cc1. The minimum absolute atomic E-state index is 1.11. The second kappa shape index (κ2) is 11.8. The fourth-order valence-corrected chi connectivity index (χ4v) is 8.89.